The Bertz CT molecular complexity index is 1430. The van der Waals surface area contributed by atoms with Gasteiger partial charge in [0.25, 0.3) is 0 Å². The van der Waals surface area contributed by atoms with Gasteiger partial charge in [-0.25, -0.2) is 0 Å². The van der Waals surface area contributed by atoms with Gasteiger partial charge in [0, 0.05) is 25.4 Å². The number of hydrogen-bond donors (Lipinski definition) is 1. The molecule has 1 aliphatic rings. The van der Waals surface area contributed by atoms with Crippen molar-refractivity contribution in [2.45, 2.75) is 58.2 Å². The quantitative estimate of drug-likeness (QED) is 0.133. The maximum atomic E-state index is 6.62. The van der Waals surface area contributed by atoms with Crippen molar-refractivity contribution in [2.24, 2.45) is 0 Å². The predicted molar refractivity (Wildman–Crippen MR) is 181 cm³/mol. The maximum absolute atomic E-state index is 6.62. The van der Waals surface area contributed by atoms with Crippen LogP contribution in [0.15, 0.2) is 91.0 Å². The second-order valence-electron chi connectivity index (χ2n) is 11.8. The van der Waals surface area contributed by atoms with E-state index >= 15 is 0 Å². The van der Waals surface area contributed by atoms with E-state index in [9.17, 15) is 0 Å². The van der Waals surface area contributed by atoms with E-state index in [-0.39, 0.29) is 18.1 Å². The summed E-state index contributed by atoms with van der Waals surface area (Å²) < 4.78 is 36.0. The minimum atomic E-state index is -0.0766. The van der Waals surface area contributed by atoms with Crippen LogP contribution in [0.25, 0.3) is 0 Å². The second-order valence-corrected chi connectivity index (χ2v) is 11.8. The summed E-state index contributed by atoms with van der Waals surface area (Å²) in [5.41, 5.74) is 6.77. The van der Waals surface area contributed by atoms with E-state index in [0.717, 1.165) is 59.0 Å². The zero-order valence-electron chi connectivity index (χ0n) is 27.5. The van der Waals surface area contributed by atoms with Crippen molar-refractivity contribution in [1.29, 1.82) is 0 Å². The molecular weight excluding hydrogens is 578 g/mol. The lowest BCUT2D eigenvalue weighted by Crippen LogP contribution is -2.50. The van der Waals surface area contributed by atoms with Crippen LogP contribution in [0, 0.1) is 13.8 Å². The summed E-state index contributed by atoms with van der Waals surface area (Å²) in [6.45, 7) is 8.47. The summed E-state index contributed by atoms with van der Waals surface area (Å²) in [5, 5.41) is 3.56. The SMILES string of the molecule is COc1ccc(COC2CNCC(OCc3ccc(OC)c(C)c3)C2c2ccc(OCCCOCc3ccccc3)cc2)cc1C. The van der Waals surface area contributed by atoms with Gasteiger partial charge in [0.2, 0.25) is 0 Å². The number of rotatable bonds is 16. The molecule has 1 aliphatic heterocycles. The molecule has 5 rings (SSSR count). The highest BCUT2D eigenvalue weighted by Crippen LogP contribution is 2.33. The molecule has 1 fully saturated rings. The molecule has 0 amide bonds. The molecule has 46 heavy (non-hydrogen) atoms. The van der Waals surface area contributed by atoms with Crippen LogP contribution in [0.2, 0.25) is 0 Å². The molecule has 0 radical (unpaired) electrons. The maximum Gasteiger partial charge on any atom is 0.121 e. The van der Waals surface area contributed by atoms with Crippen LogP contribution in [0.5, 0.6) is 17.2 Å². The van der Waals surface area contributed by atoms with Crippen LogP contribution in [-0.4, -0.2) is 52.7 Å². The first kappa shape index (κ1) is 33.5. The third-order valence-corrected chi connectivity index (χ3v) is 8.42. The van der Waals surface area contributed by atoms with Gasteiger partial charge in [0.15, 0.2) is 0 Å². The van der Waals surface area contributed by atoms with E-state index in [0.29, 0.717) is 33.0 Å². The van der Waals surface area contributed by atoms with Crippen molar-refractivity contribution in [2.75, 3.05) is 40.5 Å². The summed E-state index contributed by atoms with van der Waals surface area (Å²) >= 11 is 0. The fourth-order valence-electron chi connectivity index (χ4n) is 5.98. The molecule has 7 heteroatoms. The molecule has 4 aromatic rings. The number of methoxy groups -OCH3 is 2. The number of hydrogen-bond acceptors (Lipinski definition) is 7. The number of benzene rings is 4. The van der Waals surface area contributed by atoms with E-state index in [1.165, 1.54) is 11.1 Å². The molecule has 244 valence electrons. The van der Waals surface area contributed by atoms with Crippen LogP contribution < -0.4 is 19.5 Å². The highest BCUT2D eigenvalue weighted by molar-refractivity contribution is 5.37. The van der Waals surface area contributed by atoms with E-state index in [4.69, 9.17) is 28.4 Å². The van der Waals surface area contributed by atoms with E-state index < -0.39 is 0 Å². The molecule has 2 unspecified atom stereocenters. The van der Waals surface area contributed by atoms with Gasteiger partial charge >= 0.3 is 0 Å². The van der Waals surface area contributed by atoms with Gasteiger partial charge in [-0.2, -0.15) is 0 Å². The van der Waals surface area contributed by atoms with E-state index in [1.54, 1.807) is 14.2 Å². The van der Waals surface area contributed by atoms with Gasteiger partial charge in [0.1, 0.15) is 17.2 Å². The summed E-state index contributed by atoms with van der Waals surface area (Å²) in [7, 11) is 3.39. The molecular formula is C39H47NO6. The Hall–Kier alpha value is -3.88. The van der Waals surface area contributed by atoms with Gasteiger partial charge in [-0.05, 0) is 71.5 Å². The fourth-order valence-corrected chi connectivity index (χ4v) is 5.98. The third-order valence-electron chi connectivity index (χ3n) is 8.42. The summed E-state index contributed by atoms with van der Waals surface area (Å²) in [5.74, 6) is 2.65. The third kappa shape index (κ3) is 9.33. The fraction of sp³-hybridized carbons (Fsp3) is 0.385. The molecule has 1 saturated heterocycles. The van der Waals surface area contributed by atoms with Crippen molar-refractivity contribution >= 4 is 0 Å². The zero-order valence-corrected chi connectivity index (χ0v) is 27.5. The van der Waals surface area contributed by atoms with Crippen molar-refractivity contribution in [1.82, 2.24) is 5.32 Å². The molecule has 0 aliphatic carbocycles. The topological polar surface area (TPSA) is 67.4 Å². The molecule has 7 nitrogen and oxygen atoms in total. The molecule has 0 aromatic heterocycles. The Kier molecular flexibility index (Phi) is 12.5. The average molecular weight is 626 g/mol. The number of ether oxygens (including phenoxy) is 6. The Balaban J connectivity index is 1.22. The monoisotopic (exact) mass is 625 g/mol. The van der Waals surface area contributed by atoms with Gasteiger partial charge in [-0.3, -0.25) is 0 Å². The zero-order chi connectivity index (χ0) is 32.1. The van der Waals surface area contributed by atoms with Crippen molar-refractivity contribution < 1.29 is 28.4 Å². The first-order valence-electron chi connectivity index (χ1n) is 16.1. The van der Waals surface area contributed by atoms with Crippen LogP contribution in [0.4, 0.5) is 0 Å². The van der Waals surface area contributed by atoms with Gasteiger partial charge in [-0.15, -0.1) is 0 Å². The van der Waals surface area contributed by atoms with Gasteiger partial charge < -0.3 is 33.7 Å². The second kappa shape index (κ2) is 17.2. The van der Waals surface area contributed by atoms with E-state index in [2.05, 4.69) is 79.8 Å². The normalized spacial score (nSPS) is 17.9. The molecule has 4 aromatic carbocycles. The summed E-state index contributed by atoms with van der Waals surface area (Å²) in [6, 6.07) is 31.0. The average Bonchev–Trinajstić information content (AvgIpc) is 3.09. The van der Waals surface area contributed by atoms with Crippen LogP contribution >= 0.6 is 0 Å². The minimum Gasteiger partial charge on any atom is -0.496 e. The summed E-state index contributed by atoms with van der Waals surface area (Å²) in [6.07, 6.45) is 0.671. The Morgan fingerprint density at radius 2 is 1.22 bits per heavy atom. The van der Waals surface area contributed by atoms with E-state index in [1.807, 2.05) is 30.3 Å². The van der Waals surface area contributed by atoms with Crippen LogP contribution in [-0.2, 0) is 34.0 Å². The van der Waals surface area contributed by atoms with Crippen molar-refractivity contribution in [3.8, 4) is 17.2 Å². The van der Waals surface area contributed by atoms with Gasteiger partial charge in [0.05, 0.1) is 59.5 Å². The lowest BCUT2D eigenvalue weighted by atomic mass is 9.85. The largest absolute Gasteiger partial charge is 0.496 e. The highest BCUT2D eigenvalue weighted by Gasteiger charge is 2.36. The molecule has 0 spiro atoms. The Morgan fingerprint density at radius 1 is 0.630 bits per heavy atom. The van der Waals surface area contributed by atoms with Crippen LogP contribution in [0.1, 0.15) is 45.7 Å². The van der Waals surface area contributed by atoms with Crippen molar-refractivity contribution in [3.05, 3.63) is 124 Å². The first-order chi connectivity index (χ1) is 22.5. The van der Waals surface area contributed by atoms with Gasteiger partial charge in [-0.1, -0.05) is 66.7 Å². The Morgan fingerprint density at radius 3 is 1.76 bits per heavy atom. The lowest BCUT2D eigenvalue weighted by Gasteiger charge is -2.39. The molecule has 1 heterocycles. The molecule has 2 atom stereocenters. The smallest absolute Gasteiger partial charge is 0.121 e. The predicted octanol–water partition coefficient (Wildman–Crippen LogP) is 7.16. The lowest BCUT2D eigenvalue weighted by molar-refractivity contribution is -0.0650. The number of aryl methyl sites for hydroxylation is 2. The highest BCUT2D eigenvalue weighted by atomic mass is 16.5. The number of nitrogens with one attached hydrogen (secondary N) is 1. The minimum absolute atomic E-state index is 0.0420. The standard InChI is InChI=1S/C39H47NO6/c1-28-21-31(11-17-35(28)41-3)26-45-37-23-40-24-38(46-27-32-12-18-36(42-4)29(2)22-32)39(37)33-13-15-34(16-14-33)44-20-8-19-43-25-30-9-6-5-7-10-30/h5-7,9-18,21-22,37-40H,8,19-20,23-27H2,1-4H3. The molecule has 1 N–H and O–H groups in total. The van der Waals surface area contributed by atoms with Crippen molar-refractivity contribution in [3.63, 3.8) is 0 Å². The number of piperidine rings is 1. The molecule has 0 saturated carbocycles. The first-order valence-corrected chi connectivity index (χ1v) is 16.1. The Labute approximate surface area is 273 Å². The molecule has 0 bridgehead atoms. The summed E-state index contributed by atoms with van der Waals surface area (Å²) in [4.78, 5) is 0. The van der Waals surface area contributed by atoms with Crippen LogP contribution in [0.3, 0.4) is 0 Å².